The fourth-order valence-corrected chi connectivity index (χ4v) is 1.94. The number of rotatable bonds is 0. The van der Waals surface area contributed by atoms with Gasteiger partial charge in [-0.1, -0.05) is 11.6 Å². The van der Waals surface area contributed by atoms with Gasteiger partial charge >= 0.3 is 6.09 Å². The summed E-state index contributed by atoms with van der Waals surface area (Å²) < 4.78 is 6.87. The first-order valence-electron chi connectivity index (χ1n) is 5.65. The van der Waals surface area contributed by atoms with Gasteiger partial charge in [-0.2, -0.15) is 0 Å². The minimum absolute atomic E-state index is 0.404. The predicted octanol–water partition coefficient (Wildman–Crippen LogP) is 3.78. The molecule has 0 saturated heterocycles. The summed E-state index contributed by atoms with van der Waals surface area (Å²) >= 11 is 5.83. The molecule has 96 valence electrons. The Balaban J connectivity index is 2.51. The first-order chi connectivity index (χ1) is 8.28. The Bertz CT molecular complexity index is 611. The lowest BCUT2D eigenvalue weighted by molar-refractivity contribution is 0.0541. The third kappa shape index (κ3) is 2.48. The summed E-state index contributed by atoms with van der Waals surface area (Å²) in [5.41, 5.74) is 0.967. The van der Waals surface area contributed by atoms with Crippen LogP contribution in [0.3, 0.4) is 0 Å². The van der Waals surface area contributed by atoms with Gasteiger partial charge in [-0.3, -0.25) is 0 Å². The van der Waals surface area contributed by atoms with Gasteiger partial charge < -0.3 is 4.74 Å². The van der Waals surface area contributed by atoms with Crippen molar-refractivity contribution in [3.05, 3.63) is 29.2 Å². The highest BCUT2D eigenvalue weighted by atomic mass is 35.5. The highest BCUT2D eigenvalue weighted by molar-refractivity contribution is 6.30. The molecule has 0 N–H and O–H groups in total. The lowest BCUT2D eigenvalue weighted by atomic mass is 10.2. The van der Waals surface area contributed by atoms with Crippen LogP contribution in [-0.4, -0.2) is 21.2 Å². The SMILES string of the molecule is Cc1cc2cc(Cl)ncc2n1C(=O)OC(C)(C)C. The molecule has 2 heterocycles. The Morgan fingerprint density at radius 3 is 2.67 bits per heavy atom. The summed E-state index contributed by atoms with van der Waals surface area (Å²) in [6, 6.07) is 3.61. The molecule has 18 heavy (non-hydrogen) atoms. The van der Waals surface area contributed by atoms with E-state index in [-0.39, 0.29) is 0 Å². The first-order valence-corrected chi connectivity index (χ1v) is 6.03. The highest BCUT2D eigenvalue weighted by Crippen LogP contribution is 2.22. The molecule has 4 nitrogen and oxygen atoms in total. The summed E-state index contributed by atoms with van der Waals surface area (Å²) in [5.74, 6) is 0. The number of hydrogen-bond acceptors (Lipinski definition) is 3. The van der Waals surface area contributed by atoms with Gasteiger partial charge in [-0.05, 0) is 39.8 Å². The monoisotopic (exact) mass is 266 g/mol. The Morgan fingerprint density at radius 2 is 2.06 bits per heavy atom. The molecule has 2 aromatic heterocycles. The van der Waals surface area contributed by atoms with E-state index in [0.29, 0.717) is 10.7 Å². The molecule has 0 aliphatic heterocycles. The third-order valence-corrected chi connectivity index (χ3v) is 2.62. The van der Waals surface area contributed by atoms with Crippen molar-refractivity contribution >= 4 is 28.6 Å². The average Bonchev–Trinajstić information content (AvgIpc) is 2.50. The van der Waals surface area contributed by atoms with Gasteiger partial charge in [0.05, 0.1) is 11.7 Å². The Morgan fingerprint density at radius 1 is 1.39 bits per heavy atom. The Hall–Kier alpha value is -1.55. The van der Waals surface area contributed by atoms with Crippen LogP contribution >= 0.6 is 11.6 Å². The maximum absolute atomic E-state index is 12.1. The van der Waals surface area contributed by atoms with E-state index >= 15 is 0 Å². The van der Waals surface area contributed by atoms with E-state index in [1.165, 1.54) is 4.57 Å². The average molecular weight is 267 g/mol. The normalized spacial score (nSPS) is 11.8. The van der Waals surface area contributed by atoms with Crippen LogP contribution in [-0.2, 0) is 4.74 Å². The molecule has 0 saturated carbocycles. The number of pyridine rings is 1. The number of nitrogens with zero attached hydrogens (tertiary/aromatic N) is 2. The topological polar surface area (TPSA) is 44.1 Å². The minimum Gasteiger partial charge on any atom is -0.443 e. The van der Waals surface area contributed by atoms with E-state index in [9.17, 15) is 4.79 Å². The minimum atomic E-state index is -0.528. The summed E-state index contributed by atoms with van der Waals surface area (Å²) in [5, 5.41) is 1.28. The van der Waals surface area contributed by atoms with Gasteiger partial charge in [0.2, 0.25) is 0 Å². The standard InChI is InChI=1S/C13H15ClN2O2/c1-8-5-9-6-11(14)15-7-10(9)16(8)12(17)18-13(2,3)4/h5-7H,1-4H3. The van der Waals surface area contributed by atoms with Crippen LogP contribution in [0.2, 0.25) is 5.15 Å². The molecule has 0 atom stereocenters. The van der Waals surface area contributed by atoms with Gasteiger partial charge in [0.25, 0.3) is 0 Å². The van der Waals surface area contributed by atoms with Crippen molar-refractivity contribution in [3.8, 4) is 0 Å². The predicted molar refractivity (Wildman–Crippen MR) is 71.1 cm³/mol. The van der Waals surface area contributed by atoms with Crippen molar-refractivity contribution < 1.29 is 9.53 Å². The zero-order valence-electron chi connectivity index (χ0n) is 10.8. The molecule has 0 aliphatic carbocycles. The number of ether oxygens (including phenoxy) is 1. The lowest BCUT2D eigenvalue weighted by Gasteiger charge is -2.20. The number of carbonyl (C=O) groups excluding carboxylic acids is 1. The second-order valence-electron chi connectivity index (χ2n) is 5.17. The first kappa shape index (κ1) is 12.9. The van der Waals surface area contributed by atoms with Crippen LogP contribution in [0, 0.1) is 6.92 Å². The Labute approximate surface area is 111 Å². The molecule has 0 amide bonds. The number of hydrogen-bond donors (Lipinski definition) is 0. The van der Waals surface area contributed by atoms with Crippen molar-refractivity contribution in [2.75, 3.05) is 0 Å². The molecule has 0 unspecified atom stereocenters. The Kier molecular flexibility index (Phi) is 3.07. The van der Waals surface area contributed by atoms with Crippen LogP contribution in [0.5, 0.6) is 0 Å². The van der Waals surface area contributed by atoms with E-state index < -0.39 is 11.7 Å². The molecule has 2 aromatic rings. The van der Waals surface area contributed by atoms with E-state index in [4.69, 9.17) is 16.3 Å². The maximum atomic E-state index is 12.1. The fourth-order valence-electron chi connectivity index (χ4n) is 1.77. The summed E-state index contributed by atoms with van der Waals surface area (Å²) in [4.78, 5) is 16.1. The zero-order chi connectivity index (χ0) is 13.5. The van der Waals surface area contributed by atoms with Gasteiger partial charge in [-0.25, -0.2) is 14.3 Å². The molecule has 5 heteroatoms. The molecule has 2 rings (SSSR count). The molecule has 0 aliphatic rings. The van der Waals surface area contributed by atoms with Gasteiger partial charge in [0, 0.05) is 11.1 Å². The number of halogens is 1. The second-order valence-corrected chi connectivity index (χ2v) is 5.55. The number of carbonyl (C=O) groups is 1. The fraction of sp³-hybridized carbons (Fsp3) is 0.385. The van der Waals surface area contributed by atoms with Crippen LogP contribution in [0.25, 0.3) is 10.9 Å². The van der Waals surface area contributed by atoms with E-state index in [2.05, 4.69) is 4.98 Å². The van der Waals surface area contributed by atoms with Crippen molar-refractivity contribution in [2.24, 2.45) is 0 Å². The quantitative estimate of drug-likeness (QED) is 0.682. The van der Waals surface area contributed by atoms with Crippen molar-refractivity contribution in [1.29, 1.82) is 0 Å². The lowest BCUT2D eigenvalue weighted by Crippen LogP contribution is -2.27. The summed E-state index contributed by atoms with van der Waals surface area (Å²) in [6.45, 7) is 7.35. The molecule has 0 fully saturated rings. The molecular weight excluding hydrogens is 252 g/mol. The van der Waals surface area contributed by atoms with E-state index in [1.54, 1.807) is 12.3 Å². The van der Waals surface area contributed by atoms with Crippen molar-refractivity contribution in [3.63, 3.8) is 0 Å². The van der Waals surface area contributed by atoms with E-state index in [1.807, 2.05) is 33.8 Å². The summed E-state index contributed by atoms with van der Waals surface area (Å²) in [7, 11) is 0. The number of aryl methyl sites for hydroxylation is 1. The third-order valence-electron chi connectivity index (χ3n) is 2.41. The van der Waals surface area contributed by atoms with Gasteiger partial charge in [0.15, 0.2) is 0 Å². The highest BCUT2D eigenvalue weighted by Gasteiger charge is 2.20. The van der Waals surface area contributed by atoms with Gasteiger partial charge in [-0.15, -0.1) is 0 Å². The molecule has 0 aromatic carbocycles. The molecular formula is C13H15ClN2O2. The molecule has 0 bridgehead atoms. The summed E-state index contributed by atoms with van der Waals surface area (Å²) in [6.07, 6.45) is 1.17. The van der Waals surface area contributed by atoms with Crippen molar-refractivity contribution in [2.45, 2.75) is 33.3 Å². The smallest absolute Gasteiger partial charge is 0.419 e. The molecule has 0 radical (unpaired) electrons. The zero-order valence-corrected chi connectivity index (χ0v) is 11.6. The van der Waals surface area contributed by atoms with Crippen LogP contribution in [0.4, 0.5) is 4.79 Å². The number of aromatic nitrogens is 2. The number of fused-ring (bicyclic) bond motifs is 1. The van der Waals surface area contributed by atoms with Crippen LogP contribution < -0.4 is 0 Å². The van der Waals surface area contributed by atoms with Crippen molar-refractivity contribution in [1.82, 2.24) is 9.55 Å². The van der Waals surface area contributed by atoms with E-state index in [0.717, 1.165) is 11.1 Å². The van der Waals surface area contributed by atoms with Gasteiger partial charge in [0.1, 0.15) is 10.8 Å². The second kappa shape index (κ2) is 4.28. The molecule has 0 spiro atoms. The van der Waals surface area contributed by atoms with Crippen LogP contribution in [0.15, 0.2) is 18.3 Å². The maximum Gasteiger partial charge on any atom is 0.419 e. The van der Waals surface area contributed by atoms with Crippen LogP contribution in [0.1, 0.15) is 26.5 Å². The largest absolute Gasteiger partial charge is 0.443 e.